The topological polar surface area (TPSA) is 61.2 Å². The number of fused-ring (bicyclic) bond motifs is 1. The second-order valence-corrected chi connectivity index (χ2v) is 6.71. The molecule has 0 atom stereocenters. The summed E-state index contributed by atoms with van der Waals surface area (Å²) in [5.41, 5.74) is 1.41. The number of halogens is 1. The molecule has 0 bridgehead atoms. The number of hydrogen-bond donors (Lipinski definition) is 0. The van der Waals surface area contributed by atoms with Crippen molar-refractivity contribution in [3.63, 3.8) is 0 Å². The molecule has 0 aliphatic carbocycles. The average Bonchev–Trinajstić information content (AvgIpc) is 3.07. The second kappa shape index (κ2) is 7.78. The lowest BCUT2D eigenvalue weighted by atomic mass is 10.1. The normalized spacial score (nSPS) is 11.0. The van der Waals surface area contributed by atoms with Gasteiger partial charge in [0.2, 0.25) is 0 Å². The molecular weight excluding hydrogens is 355 g/mol. The third-order valence-corrected chi connectivity index (χ3v) is 5.11. The van der Waals surface area contributed by atoms with Gasteiger partial charge in [0.1, 0.15) is 16.5 Å². The van der Waals surface area contributed by atoms with Crippen LogP contribution in [0, 0.1) is 5.82 Å². The summed E-state index contributed by atoms with van der Waals surface area (Å²) < 4.78 is 19.5. The number of carbonyl (C=O) groups is 1. The Kier molecular flexibility index (Phi) is 5.46. The highest BCUT2D eigenvalue weighted by Gasteiger charge is 2.16. The van der Waals surface area contributed by atoms with Crippen molar-refractivity contribution in [2.45, 2.75) is 32.7 Å². The number of nitrogens with zero attached hydrogens (tertiary/aromatic N) is 2. The van der Waals surface area contributed by atoms with Gasteiger partial charge in [-0.3, -0.25) is 14.2 Å². The van der Waals surface area contributed by atoms with Gasteiger partial charge >= 0.3 is 5.97 Å². The van der Waals surface area contributed by atoms with Crippen LogP contribution in [-0.4, -0.2) is 22.6 Å². The predicted octanol–water partition coefficient (Wildman–Crippen LogP) is 3.78. The van der Waals surface area contributed by atoms with Gasteiger partial charge in [0.05, 0.1) is 12.5 Å². The zero-order chi connectivity index (χ0) is 18.7. The summed E-state index contributed by atoms with van der Waals surface area (Å²) in [4.78, 5) is 29.7. The molecule has 3 aromatic rings. The molecule has 0 aliphatic heterocycles. The molecule has 0 saturated carbocycles. The average molecular weight is 374 g/mol. The molecule has 0 N–H and O–H groups in total. The quantitative estimate of drug-likeness (QED) is 0.616. The Hall–Kier alpha value is -2.54. The van der Waals surface area contributed by atoms with Crippen LogP contribution in [0.2, 0.25) is 0 Å². The predicted molar refractivity (Wildman–Crippen MR) is 99.9 cm³/mol. The first-order valence-corrected chi connectivity index (χ1v) is 9.26. The molecule has 0 amide bonds. The maximum absolute atomic E-state index is 13.2. The van der Waals surface area contributed by atoms with Crippen LogP contribution in [0.3, 0.4) is 0 Å². The molecule has 3 rings (SSSR count). The summed E-state index contributed by atoms with van der Waals surface area (Å²) in [6, 6.07) is 6.07. The molecule has 0 aliphatic rings. The van der Waals surface area contributed by atoms with Gasteiger partial charge in [0, 0.05) is 30.3 Å². The van der Waals surface area contributed by atoms with Crippen molar-refractivity contribution in [3.8, 4) is 11.1 Å². The van der Waals surface area contributed by atoms with E-state index < -0.39 is 0 Å². The molecule has 0 radical (unpaired) electrons. The number of carbonyl (C=O) groups excluding carboxylic acids is 1. The largest absolute Gasteiger partial charge is 0.469 e. The van der Waals surface area contributed by atoms with Crippen LogP contribution in [0.5, 0.6) is 0 Å². The summed E-state index contributed by atoms with van der Waals surface area (Å²) in [5.74, 6) is 0.0763. The zero-order valence-electron chi connectivity index (χ0n) is 14.6. The van der Waals surface area contributed by atoms with Crippen molar-refractivity contribution < 1.29 is 13.9 Å². The third kappa shape index (κ3) is 3.53. The third-order valence-electron chi connectivity index (χ3n) is 4.23. The van der Waals surface area contributed by atoms with E-state index in [0.29, 0.717) is 35.4 Å². The summed E-state index contributed by atoms with van der Waals surface area (Å²) in [7, 11) is 1.35. The Morgan fingerprint density at radius 1 is 1.31 bits per heavy atom. The second-order valence-electron chi connectivity index (χ2n) is 5.85. The fourth-order valence-electron chi connectivity index (χ4n) is 2.89. The van der Waals surface area contributed by atoms with E-state index in [1.54, 1.807) is 16.7 Å². The highest BCUT2D eigenvalue weighted by Crippen LogP contribution is 2.31. The first-order chi connectivity index (χ1) is 12.5. The first kappa shape index (κ1) is 18.3. The van der Waals surface area contributed by atoms with Crippen molar-refractivity contribution in [2.75, 3.05) is 7.11 Å². The summed E-state index contributed by atoms with van der Waals surface area (Å²) in [6.07, 6.45) is 1.37. The van der Waals surface area contributed by atoms with Gasteiger partial charge in [-0.05, 0) is 24.1 Å². The lowest BCUT2D eigenvalue weighted by Gasteiger charge is -2.11. The lowest BCUT2D eigenvalue weighted by Crippen LogP contribution is -2.25. The van der Waals surface area contributed by atoms with Crippen LogP contribution in [0.4, 0.5) is 4.39 Å². The standard InChI is InChI=1S/C19H19FN2O3S/c1-3-15-21-18-17(19(24)22(15)10-4-5-16(23)25-2)14(11-26-18)12-6-8-13(20)9-7-12/h6-9,11H,3-5,10H2,1-2H3. The van der Waals surface area contributed by atoms with Crippen molar-refractivity contribution in [3.05, 3.63) is 51.6 Å². The molecule has 7 heteroatoms. The zero-order valence-corrected chi connectivity index (χ0v) is 15.4. The molecule has 0 fully saturated rings. The van der Waals surface area contributed by atoms with Crippen LogP contribution in [0.25, 0.3) is 21.3 Å². The Morgan fingerprint density at radius 2 is 2.04 bits per heavy atom. The van der Waals surface area contributed by atoms with E-state index in [4.69, 9.17) is 0 Å². The van der Waals surface area contributed by atoms with E-state index in [2.05, 4.69) is 9.72 Å². The summed E-state index contributed by atoms with van der Waals surface area (Å²) >= 11 is 1.41. The molecule has 0 unspecified atom stereocenters. The molecule has 2 aromatic heterocycles. The molecule has 0 saturated heterocycles. The van der Waals surface area contributed by atoms with Crippen molar-refractivity contribution >= 4 is 27.5 Å². The maximum Gasteiger partial charge on any atom is 0.305 e. The highest BCUT2D eigenvalue weighted by atomic mass is 32.1. The Bertz CT molecular complexity index is 992. The van der Waals surface area contributed by atoms with E-state index in [1.807, 2.05) is 12.3 Å². The molecule has 136 valence electrons. The SMILES string of the molecule is CCc1nc2scc(-c3ccc(F)cc3)c2c(=O)n1CCCC(=O)OC. The summed E-state index contributed by atoms with van der Waals surface area (Å²) in [6.45, 7) is 2.34. The molecule has 0 spiro atoms. The van der Waals surface area contributed by atoms with Gasteiger partial charge in [0.15, 0.2) is 0 Å². The van der Waals surface area contributed by atoms with Gasteiger partial charge in [-0.1, -0.05) is 19.1 Å². The van der Waals surface area contributed by atoms with E-state index in [-0.39, 0.29) is 23.8 Å². The molecule has 5 nitrogen and oxygen atoms in total. The van der Waals surface area contributed by atoms with Crippen LogP contribution < -0.4 is 5.56 Å². The molecular formula is C19H19FN2O3S. The number of aryl methyl sites for hydroxylation is 1. The minimum Gasteiger partial charge on any atom is -0.469 e. The lowest BCUT2D eigenvalue weighted by molar-refractivity contribution is -0.140. The smallest absolute Gasteiger partial charge is 0.305 e. The Morgan fingerprint density at radius 3 is 2.69 bits per heavy atom. The number of rotatable bonds is 6. The first-order valence-electron chi connectivity index (χ1n) is 8.38. The van der Waals surface area contributed by atoms with Crippen molar-refractivity contribution in [1.29, 1.82) is 0 Å². The number of esters is 1. The van der Waals surface area contributed by atoms with Crippen LogP contribution in [0.1, 0.15) is 25.6 Å². The number of thiophene rings is 1. The number of ether oxygens (including phenoxy) is 1. The van der Waals surface area contributed by atoms with Crippen LogP contribution in [0.15, 0.2) is 34.4 Å². The van der Waals surface area contributed by atoms with Gasteiger partial charge in [-0.15, -0.1) is 11.3 Å². The minimum atomic E-state index is -0.320. The van der Waals surface area contributed by atoms with E-state index in [0.717, 1.165) is 11.1 Å². The van der Waals surface area contributed by atoms with E-state index in [9.17, 15) is 14.0 Å². The number of benzene rings is 1. The van der Waals surface area contributed by atoms with Gasteiger partial charge in [0.25, 0.3) is 5.56 Å². The fraction of sp³-hybridized carbons (Fsp3) is 0.316. The molecule has 2 heterocycles. The molecule has 26 heavy (non-hydrogen) atoms. The number of hydrogen-bond acceptors (Lipinski definition) is 5. The Labute approximate surface area is 154 Å². The van der Waals surface area contributed by atoms with E-state index >= 15 is 0 Å². The monoisotopic (exact) mass is 374 g/mol. The highest BCUT2D eigenvalue weighted by molar-refractivity contribution is 7.17. The van der Waals surface area contributed by atoms with Crippen LogP contribution >= 0.6 is 11.3 Å². The van der Waals surface area contributed by atoms with Crippen molar-refractivity contribution in [2.24, 2.45) is 0 Å². The van der Waals surface area contributed by atoms with Crippen molar-refractivity contribution in [1.82, 2.24) is 9.55 Å². The van der Waals surface area contributed by atoms with E-state index in [1.165, 1.54) is 30.6 Å². The number of aromatic nitrogens is 2. The van der Waals surface area contributed by atoms with Gasteiger partial charge in [-0.2, -0.15) is 0 Å². The minimum absolute atomic E-state index is 0.128. The molecule has 1 aromatic carbocycles. The fourth-order valence-corrected chi connectivity index (χ4v) is 3.85. The van der Waals surface area contributed by atoms with Gasteiger partial charge in [-0.25, -0.2) is 9.37 Å². The van der Waals surface area contributed by atoms with Gasteiger partial charge < -0.3 is 4.74 Å². The maximum atomic E-state index is 13.2. The van der Waals surface area contributed by atoms with Crippen LogP contribution in [-0.2, 0) is 22.5 Å². The summed E-state index contributed by atoms with van der Waals surface area (Å²) in [5, 5.41) is 2.42. The Balaban J connectivity index is 2.05. The number of methoxy groups -OCH3 is 1.